The molecule has 1 fully saturated rings. The third-order valence-electron chi connectivity index (χ3n) is 4.47. The van der Waals surface area contributed by atoms with Gasteiger partial charge >= 0.3 is 0 Å². The summed E-state index contributed by atoms with van der Waals surface area (Å²) in [7, 11) is 5.43. The van der Waals surface area contributed by atoms with Crippen LogP contribution in [0.1, 0.15) is 52.9 Å². The zero-order valence-electron chi connectivity index (χ0n) is 14.5. The molecule has 1 aromatic rings. The Morgan fingerprint density at radius 3 is 2.39 bits per heavy atom. The van der Waals surface area contributed by atoms with Crippen molar-refractivity contribution in [3.05, 3.63) is 18.2 Å². The van der Waals surface area contributed by atoms with Crippen molar-refractivity contribution < 1.29 is 9.47 Å². The fourth-order valence-electron chi connectivity index (χ4n) is 3.39. The lowest BCUT2D eigenvalue weighted by molar-refractivity contribution is 0.396. The highest BCUT2D eigenvalue weighted by Crippen LogP contribution is 2.51. The van der Waals surface area contributed by atoms with E-state index in [4.69, 9.17) is 9.47 Å². The van der Waals surface area contributed by atoms with Gasteiger partial charge in [-0.3, -0.25) is 4.67 Å². The summed E-state index contributed by atoms with van der Waals surface area (Å²) in [6.07, 6.45) is 8.06. The van der Waals surface area contributed by atoms with Crippen LogP contribution in [-0.4, -0.2) is 38.1 Å². The molecule has 0 radical (unpaired) electrons. The van der Waals surface area contributed by atoms with Crippen LogP contribution < -0.4 is 14.8 Å². The van der Waals surface area contributed by atoms with Crippen LogP contribution in [-0.2, 0) is 0 Å². The van der Waals surface area contributed by atoms with Crippen molar-refractivity contribution in [2.45, 2.75) is 58.5 Å². The van der Waals surface area contributed by atoms with Crippen LogP contribution in [0.4, 0.5) is 0 Å². The van der Waals surface area contributed by atoms with Crippen LogP contribution in [0.15, 0.2) is 18.2 Å². The van der Waals surface area contributed by atoms with Gasteiger partial charge in [-0.1, -0.05) is 33.6 Å². The largest absolute Gasteiger partial charge is 0.497 e. The van der Waals surface area contributed by atoms with Gasteiger partial charge in [-0.25, -0.2) is 0 Å². The summed E-state index contributed by atoms with van der Waals surface area (Å²) in [5, 5.41) is 1.38. The van der Waals surface area contributed by atoms with Gasteiger partial charge in [0.15, 0.2) is 0 Å². The van der Waals surface area contributed by atoms with Gasteiger partial charge in [-0.15, -0.1) is 0 Å². The van der Waals surface area contributed by atoms with E-state index in [1.807, 2.05) is 6.07 Å². The van der Waals surface area contributed by atoms with E-state index in [0.717, 1.165) is 23.7 Å². The molecule has 23 heavy (non-hydrogen) atoms. The molecule has 3 nitrogen and oxygen atoms in total. The van der Waals surface area contributed by atoms with Crippen molar-refractivity contribution in [2.75, 3.05) is 27.8 Å². The van der Waals surface area contributed by atoms with Crippen molar-refractivity contribution in [3.8, 4) is 11.5 Å². The van der Waals surface area contributed by atoms with Gasteiger partial charge in [0, 0.05) is 26.0 Å². The molecule has 0 aliphatic heterocycles. The lowest BCUT2D eigenvalue weighted by Gasteiger charge is -2.37. The molecular formula is C19H34NO2P. The average molecular weight is 339 g/mol. The van der Waals surface area contributed by atoms with Gasteiger partial charge in [0.25, 0.3) is 0 Å². The Morgan fingerprint density at radius 2 is 1.83 bits per heavy atom. The van der Waals surface area contributed by atoms with Crippen molar-refractivity contribution in [3.63, 3.8) is 0 Å². The van der Waals surface area contributed by atoms with Crippen LogP contribution in [0.2, 0.25) is 0 Å². The first-order valence-electron chi connectivity index (χ1n) is 8.43. The predicted octanol–water partition coefficient (Wildman–Crippen LogP) is 5.04. The maximum Gasteiger partial charge on any atom is 0.131 e. The SMILES string of the molecule is C.CCCN(C)P(c1ccc(OC)cc1OC)C1CCCCC1. The minimum Gasteiger partial charge on any atom is -0.497 e. The molecule has 4 heteroatoms. The summed E-state index contributed by atoms with van der Waals surface area (Å²) in [4.78, 5) is 0. The highest BCUT2D eigenvalue weighted by molar-refractivity contribution is 7.64. The van der Waals surface area contributed by atoms with Crippen molar-refractivity contribution in [2.24, 2.45) is 0 Å². The standard InChI is InChI=1S/C18H30NO2P.CH4/c1-5-13-19(2)22(16-9-7-6-8-10-16)18-12-11-15(20-3)14-17(18)21-4;/h11-12,14,16H,5-10,13H2,1-4H3;1H4. The van der Waals surface area contributed by atoms with E-state index in [-0.39, 0.29) is 15.5 Å². The minimum absolute atomic E-state index is 0. The number of nitrogens with zero attached hydrogens (tertiary/aromatic N) is 1. The lowest BCUT2D eigenvalue weighted by atomic mass is 10.0. The van der Waals surface area contributed by atoms with Crippen molar-refractivity contribution >= 4 is 13.4 Å². The van der Waals surface area contributed by atoms with Gasteiger partial charge in [0.1, 0.15) is 11.5 Å². The topological polar surface area (TPSA) is 21.7 Å². The van der Waals surface area contributed by atoms with E-state index in [1.54, 1.807) is 14.2 Å². The third kappa shape index (κ3) is 5.09. The smallest absolute Gasteiger partial charge is 0.131 e. The molecule has 1 aliphatic rings. The first-order chi connectivity index (χ1) is 10.7. The molecule has 132 valence electrons. The number of methoxy groups -OCH3 is 2. The van der Waals surface area contributed by atoms with E-state index in [1.165, 1.54) is 43.8 Å². The summed E-state index contributed by atoms with van der Waals surface area (Å²) < 4.78 is 13.6. The van der Waals surface area contributed by atoms with Crippen LogP contribution in [0, 0.1) is 0 Å². The second-order valence-corrected chi connectivity index (χ2v) is 8.64. The van der Waals surface area contributed by atoms with E-state index in [0.29, 0.717) is 0 Å². The van der Waals surface area contributed by atoms with Gasteiger partial charge in [-0.05, 0) is 44.1 Å². The molecule has 1 atom stereocenters. The van der Waals surface area contributed by atoms with Gasteiger partial charge in [-0.2, -0.15) is 0 Å². The number of hydrogen-bond acceptors (Lipinski definition) is 3. The van der Waals surface area contributed by atoms with E-state index in [2.05, 4.69) is 30.8 Å². The molecule has 1 aliphatic carbocycles. The average Bonchev–Trinajstić information content (AvgIpc) is 2.56. The van der Waals surface area contributed by atoms with Gasteiger partial charge < -0.3 is 9.47 Å². The second kappa shape index (κ2) is 10.2. The van der Waals surface area contributed by atoms with Crippen LogP contribution >= 0.6 is 8.07 Å². The zero-order valence-corrected chi connectivity index (χ0v) is 15.4. The summed E-state index contributed by atoms with van der Waals surface area (Å²) in [6, 6.07) is 6.34. The van der Waals surface area contributed by atoms with Gasteiger partial charge in [0.05, 0.1) is 14.2 Å². The summed E-state index contributed by atoms with van der Waals surface area (Å²) in [6.45, 7) is 3.41. The van der Waals surface area contributed by atoms with Gasteiger partial charge in [0.2, 0.25) is 0 Å². The first-order valence-corrected chi connectivity index (χ1v) is 9.80. The number of hydrogen-bond donors (Lipinski definition) is 0. The molecule has 0 spiro atoms. The Hall–Kier alpha value is -0.790. The van der Waals surface area contributed by atoms with Crippen LogP contribution in [0.25, 0.3) is 0 Å². The molecule has 0 aromatic heterocycles. The fourth-order valence-corrected chi connectivity index (χ4v) is 6.59. The maximum absolute atomic E-state index is 5.70. The fraction of sp³-hybridized carbons (Fsp3) is 0.684. The van der Waals surface area contributed by atoms with Crippen molar-refractivity contribution in [1.82, 2.24) is 4.67 Å². The van der Waals surface area contributed by atoms with Crippen LogP contribution in [0.3, 0.4) is 0 Å². The Labute approximate surface area is 144 Å². The first kappa shape index (κ1) is 20.3. The lowest BCUT2D eigenvalue weighted by Crippen LogP contribution is -2.29. The minimum atomic E-state index is -0.332. The highest BCUT2D eigenvalue weighted by Gasteiger charge is 2.30. The highest BCUT2D eigenvalue weighted by atomic mass is 31.1. The summed E-state index contributed by atoms with van der Waals surface area (Å²) in [5.41, 5.74) is 0.794. The molecule has 1 saturated carbocycles. The molecular weight excluding hydrogens is 305 g/mol. The molecule has 0 heterocycles. The monoisotopic (exact) mass is 339 g/mol. The molecule has 0 amide bonds. The van der Waals surface area contributed by atoms with E-state index in [9.17, 15) is 0 Å². The predicted molar refractivity (Wildman–Crippen MR) is 103 cm³/mol. The molecule has 1 unspecified atom stereocenters. The number of ether oxygens (including phenoxy) is 2. The second-order valence-electron chi connectivity index (χ2n) is 6.06. The summed E-state index contributed by atoms with van der Waals surface area (Å²) in [5.74, 6) is 1.86. The Bertz CT molecular complexity index is 461. The van der Waals surface area contributed by atoms with E-state index < -0.39 is 0 Å². The Kier molecular flexibility index (Phi) is 8.94. The third-order valence-corrected chi connectivity index (χ3v) is 7.48. The molecule has 1 aromatic carbocycles. The Morgan fingerprint density at radius 1 is 1.13 bits per heavy atom. The van der Waals surface area contributed by atoms with E-state index >= 15 is 0 Å². The normalized spacial score (nSPS) is 16.7. The van der Waals surface area contributed by atoms with Crippen molar-refractivity contribution in [1.29, 1.82) is 0 Å². The zero-order chi connectivity index (χ0) is 15.9. The molecule has 0 N–H and O–H groups in total. The molecule has 0 bridgehead atoms. The molecule has 0 saturated heterocycles. The maximum atomic E-state index is 5.70. The van der Waals surface area contributed by atoms with Crippen LogP contribution in [0.5, 0.6) is 11.5 Å². The quantitative estimate of drug-likeness (QED) is 0.650. The Balaban J connectivity index is 0.00000264. The number of benzene rings is 1. The number of rotatable bonds is 7. The summed E-state index contributed by atoms with van der Waals surface area (Å²) >= 11 is 0. The molecule has 2 rings (SSSR count).